The summed E-state index contributed by atoms with van der Waals surface area (Å²) in [5.74, 6) is 0.284. The Hall–Kier alpha value is -3.16. The summed E-state index contributed by atoms with van der Waals surface area (Å²) in [5, 5.41) is 7.26. The Bertz CT molecular complexity index is 858. The molecule has 1 aromatic carbocycles. The van der Waals surface area contributed by atoms with E-state index in [9.17, 15) is 9.59 Å². The maximum atomic E-state index is 12.0. The molecule has 0 aliphatic carbocycles. The maximum absolute atomic E-state index is 12.0. The molecule has 2 N–H and O–H groups in total. The Balaban J connectivity index is 1.93. The molecule has 0 spiro atoms. The first-order chi connectivity index (χ1) is 12.7. The monoisotopic (exact) mass is 372 g/mol. The average molecular weight is 372 g/mol. The molecule has 8 nitrogen and oxygen atoms in total. The van der Waals surface area contributed by atoms with E-state index in [1.54, 1.807) is 33.9 Å². The van der Waals surface area contributed by atoms with Crippen LogP contribution in [-0.4, -0.2) is 42.0 Å². The third-order valence-electron chi connectivity index (χ3n) is 3.42. The number of pyridine rings is 1. The van der Waals surface area contributed by atoms with Crippen LogP contribution in [0.2, 0.25) is 0 Å². The number of hydrazone groups is 1. The van der Waals surface area contributed by atoms with Crippen LogP contribution in [0.5, 0.6) is 5.75 Å². The minimum Gasteiger partial charge on any atom is -0.497 e. The van der Waals surface area contributed by atoms with E-state index in [1.165, 1.54) is 13.1 Å². The van der Waals surface area contributed by atoms with Gasteiger partial charge in [0.25, 0.3) is 5.91 Å². The van der Waals surface area contributed by atoms with Crippen molar-refractivity contribution in [2.45, 2.75) is 39.3 Å². The van der Waals surface area contributed by atoms with E-state index in [4.69, 9.17) is 9.47 Å². The number of nitrogens with one attached hydrogen (secondary N) is 2. The summed E-state index contributed by atoms with van der Waals surface area (Å²) in [6.45, 7) is 6.77. The molecule has 0 bridgehead atoms. The fourth-order valence-electron chi connectivity index (χ4n) is 2.13. The zero-order valence-corrected chi connectivity index (χ0v) is 16.1. The molecule has 2 amide bonds. The van der Waals surface area contributed by atoms with E-state index in [0.29, 0.717) is 5.69 Å². The second-order valence-electron chi connectivity index (χ2n) is 6.90. The molecule has 1 aromatic heterocycles. The Kier molecular flexibility index (Phi) is 6.33. The summed E-state index contributed by atoms with van der Waals surface area (Å²) < 4.78 is 10.3. The van der Waals surface area contributed by atoms with Crippen LogP contribution in [0.15, 0.2) is 35.4 Å². The summed E-state index contributed by atoms with van der Waals surface area (Å²) >= 11 is 0. The first-order valence-electron chi connectivity index (χ1n) is 8.45. The van der Waals surface area contributed by atoms with Gasteiger partial charge in [0, 0.05) is 5.39 Å². The molecule has 0 saturated carbocycles. The minimum absolute atomic E-state index is 0.470. The third kappa shape index (κ3) is 6.25. The van der Waals surface area contributed by atoms with Gasteiger partial charge in [0.2, 0.25) is 0 Å². The average Bonchev–Trinajstić information content (AvgIpc) is 2.59. The molecular formula is C19H24N4O4. The third-order valence-corrected chi connectivity index (χ3v) is 3.42. The highest BCUT2D eigenvalue weighted by Gasteiger charge is 2.20. The van der Waals surface area contributed by atoms with E-state index >= 15 is 0 Å². The largest absolute Gasteiger partial charge is 0.497 e. The molecule has 0 unspecified atom stereocenters. The van der Waals surface area contributed by atoms with Crippen LogP contribution in [0.4, 0.5) is 4.79 Å². The van der Waals surface area contributed by atoms with Gasteiger partial charge in [-0.3, -0.25) is 4.79 Å². The van der Waals surface area contributed by atoms with Gasteiger partial charge < -0.3 is 14.8 Å². The molecule has 0 fully saturated rings. The molecule has 0 aliphatic rings. The number of carbonyl (C=O) groups excluding carboxylic acids is 2. The van der Waals surface area contributed by atoms with Crippen molar-refractivity contribution in [1.82, 2.24) is 15.7 Å². The van der Waals surface area contributed by atoms with E-state index < -0.39 is 23.6 Å². The highest BCUT2D eigenvalue weighted by molar-refractivity contribution is 5.88. The van der Waals surface area contributed by atoms with Crippen LogP contribution in [-0.2, 0) is 9.53 Å². The number of fused-ring (bicyclic) bond motifs is 1. The summed E-state index contributed by atoms with van der Waals surface area (Å²) in [6.07, 6.45) is 0.766. The highest BCUT2D eigenvalue weighted by atomic mass is 16.6. The lowest BCUT2D eigenvalue weighted by atomic mass is 10.2. The van der Waals surface area contributed by atoms with Crippen molar-refractivity contribution >= 4 is 29.1 Å². The van der Waals surface area contributed by atoms with Crippen molar-refractivity contribution < 1.29 is 19.1 Å². The van der Waals surface area contributed by atoms with Gasteiger partial charge in [-0.25, -0.2) is 15.2 Å². The molecule has 27 heavy (non-hydrogen) atoms. The first kappa shape index (κ1) is 20.2. The van der Waals surface area contributed by atoms with Crippen molar-refractivity contribution in [1.29, 1.82) is 0 Å². The number of hydrogen-bond donors (Lipinski definition) is 2. The fourth-order valence-corrected chi connectivity index (χ4v) is 2.13. The van der Waals surface area contributed by atoms with Gasteiger partial charge in [-0.1, -0.05) is 6.07 Å². The van der Waals surface area contributed by atoms with Gasteiger partial charge in [0.05, 0.1) is 24.5 Å². The summed E-state index contributed by atoms with van der Waals surface area (Å²) in [6, 6.07) is 8.42. The zero-order valence-electron chi connectivity index (χ0n) is 16.1. The Labute approximate surface area is 157 Å². The number of nitrogens with zero attached hydrogens (tertiary/aromatic N) is 2. The van der Waals surface area contributed by atoms with Crippen LogP contribution in [0.1, 0.15) is 33.4 Å². The quantitative estimate of drug-likeness (QED) is 0.620. The molecule has 8 heteroatoms. The van der Waals surface area contributed by atoms with Crippen LogP contribution >= 0.6 is 0 Å². The number of ether oxygens (including phenoxy) is 2. The normalized spacial score (nSPS) is 12.6. The minimum atomic E-state index is -0.797. The number of alkyl carbamates (subject to hydrolysis) is 1. The molecule has 0 radical (unpaired) electrons. The smallest absolute Gasteiger partial charge is 0.408 e. The Morgan fingerprint density at radius 2 is 1.96 bits per heavy atom. The van der Waals surface area contributed by atoms with Gasteiger partial charge in [0.1, 0.15) is 17.4 Å². The van der Waals surface area contributed by atoms with Gasteiger partial charge in [-0.05, 0) is 52.0 Å². The van der Waals surface area contributed by atoms with Crippen molar-refractivity contribution in [3.63, 3.8) is 0 Å². The van der Waals surface area contributed by atoms with Crippen LogP contribution < -0.4 is 15.5 Å². The van der Waals surface area contributed by atoms with Crippen molar-refractivity contribution in [3.8, 4) is 5.75 Å². The number of aromatic nitrogens is 1. The molecule has 2 rings (SSSR count). The van der Waals surface area contributed by atoms with Crippen molar-refractivity contribution in [3.05, 3.63) is 36.0 Å². The number of hydrogen-bond acceptors (Lipinski definition) is 6. The molecule has 0 saturated heterocycles. The highest BCUT2D eigenvalue weighted by Crippen LogP contribution is 2.19. The zero-order chi connectivity index (χ0) is 20.0. The lowest BCUT2D eigenvalue weighted by molar-refractivity contribution is -0.122. The van der Waals surface area contributed by atoms with E-state index in [2.05, 4.69) is 20.8 Å². The lowest BCUT2D eigenvalue weighted by Crippen LogP contribution is -2.45. The van der Waals surface area contributed by atoms with Gasteiger partial charge in [-0.15, -0.1) is 0 Å². The van der Waals surface area contributed by atoms with E-state index in [0.717, 1.165) is 16.7 Å². The second kappa shape index (κ2) is 8.48. The lowest BCUT2D eigenvalue weighted by Gasteiger charge is -2.21. The van der Waals surface area contributed by atoms with Gasteiger partial charge in [0.15, 0.2) is 0 Å². The molecule has 0 aliphatic heterocycles. The van der Waals surface area contributed by atoms with Crippen molar-refractivity contribution in [2.75, 3.05) is 7.11 Å². The maximum Gasteiger partial charge on any atom is 0.408 e. The number of benzene rings is 1. The molecule has 1 heterocycles. The summed E-state index contributed by atoms with van der Waals surface area (Å²) in [4.78, 5) is 28.1. The van der Waals surface area contributed by atoms with Crippen LogP contribution in [0.25, 0.3) is 10.9 Å². The fraction of sp³-hybridized carbons (Fsp3) is 0.368. The predicted molar refractivity (Wildman–Crippen MR) is 103 cm³/mol. The molecule has 2 aromatic rings. The molecule has 144 valence electrons. The predicted octanol–water partition coefficient (Wildman–Crippen LogP) is 2.61. The number of amides is 2. The van der Waals surface area contributed by atoms with Gasteiger partial charge in [-0.2, -0.15) is 5.10 Å². The topological polar surface area (TPSA) is 102 Å². The Morgan fingerprint density at radius 3 is 2.63 bits per heavy atom. The van der Waals surface area contributed by atoms with Gasteiger partial charge >= 0.3 is 6.09 Å². The van der Waals surface area contributed by atoms with Crippen molar-refractivity contribution in [2.24, 2.45) is 5.10 Å². The number of rotatable bonds is 5. The molecule has 1 atom stereocenters. The summed E-state index contributed by atoms with van der Waals surface area (Å²) in [5.41, 5.74) is 3.10. The van der Waals surface area contributed by atoms with E-state index in [-0.39, 0.29) is 0 Å². The second-order valence-corrected chi connectivity index (χ2v) is 6.90. The summed E-state index contributed by atoms with van der Waals surface area (Å²) in [7, 11) is 1.61. The molecular weight excluding hydrogens is 348 g/mol. The SMILES string of the molecule is COc1ccc2nc(/C=N/NC(=O)[C@H](C)NC(=O)OC(C)(C)C)ccc2c1. The van der Waals surface area contributed by atoms with Crippen LogP contribution in [0.3, 0.4) is 0 Å². The van der Waals surface area contributed by atoms with E-state index in [1.807, 2.05) is 24.3 Å². The number of carbonyl (C=O) groups is 2. The Morgan fingerprint density at radius 1 is 1.22 bits per heavy atom. The number of methoxy groups -OCH3 is 1. The van der Waals surface area contributed by atoms with Crippen LogP contribution in [0, 0.1) is 0 Å². The first-order valence-corrected chi connectivity index (χ1v) is 8.45. The standard InChI is InChI=1S/C19H24N4O4/c1-12(21-18(25)27-19(2,3)4)17(24)23-20-11-14-7-6-13-10-15(26-5)8-9-16(13)22-14/h6-12H,1-5H3,(H,21,25)(H,23,24)/b20-11+/t12-/m0/s1.